The Balaban J connectivity index is 2.66. The van der Waals surface area contributed by atoms with Crippen LogP contribution in [-0.4, -0.2) is 25.9 Å². The molecule has 0 amide bonds. The molecule has 0 atom stereocenters. The van der Waals surface area contributed by atoms with E-state index in [-0.39, 0.29) is 5.60 Å². The average Bonchev–Trinajstić information content (AvgIpc) is 2.40. The predicted octanol–water partition coefficient (Wildman–Crippen LogP) is 2.74. The van der Waals surface area contributed by atoms with E-state index in [4.69, 9.17) is 19.9 Å². The van der Waals surface area contributed by atoms with Crippen LogP contribution >= 0.6 is 0 Å². The zero-order valence-corrected chi connectivity index (χ0v) is 12.4. The average molecular weight is 267 g/mol. The first-order valence-electron chi connectivity index (χ1n) is 6.66. The van der Waals surface area contributed by atoms with E-state index < -0.39 is 0 Å². The molecule has 0 unspecified atom stereocenters. The number of hydrogen-bond acceptors (Lipinski definition) is 4. The molecule has 0 saturated heterocycles. The van der Waals surface area contributed by atoms with Gasteiger partial charge in [0.2, 0.25) is 0 Å². The molecular weight excluding hydrogens is 242 g/mol. The van der Waals surface area contributed by atoms with Gasteiger partial charge in [0, 0.05) is 20.1 Å². The van der Waals surface area contributed by atoms with Crippen molar-refractivity contribution < 1.29 is 14.2 Å². The Labute approximate surface area is 115 Å². The van der Waals surface area contributed by atoms with Crippen LogP contribution in [-0.2, 0) is 11.3 Å². The third-order valence-corrected chi connectivity index (χ3v) is 3.06. The largest absolute Gasteiger partial charge is 0.490 e. The van der Waals surface area contributed by atoms with Crippen molar-refractivity contribution in [3.8, 4) is 11.5 Å². The standard InChI is InChI=1S/C15H25NO3/c1-5-18-14-10-12(11-16)6-7-13(14)19-9-8-15(2,3)17-4/h6-7,10H,5,8-9,11,16H2,1-4H3. The van der Waals surface area contributed by atoms with Crippen LogP contribution < -0.4 is 15.2 Å². The highest BCUT2D eigenvalue weighted by Crippen LogP contribution is 2.29. The monoisotopic (exact) mass is 267 g/mol. The number of ether oxygens (including phenoxy) is 3. The van der Waals surface area contributed by atoms with Crippen molar-refractivity contribution in [2.75, 3.05) is 20.3 Å². The van der Waals surface area contributed by atoms with Crippen molar-refractivity contribution in [1.29, 1.82) is 0 Å². The molecule has 0 radical (unpaired) electrons. The predicted molar refractivity (Wildman–Crippen MR) is 76.7 cm³/mol. The lowest BCUT2D eigenvalue weighted by atomic mass is 10.1. The van der Waals surface area contributed by atoms with Crippen LogP contribution in [0.3, 0.4) is 0 Å². The topological polar surface area (TPSA) is 53.7 Å². The van der Waals surface area contributed by atoms with Gasteiger partial charge in [-0.3, -0.25) is 0 Å². The molecule has 108 valence electrons. The van der Waals surface area contributed by atoms with Crippen LogP contribution in [0.2, 0.25) is 0 Å². The molecule has 0 aliphatic carbocycles. The van der Waals surface area contributed by atoms with Gasteiger partial charge in [0.25, 0.3) is 0 Å². The van der Waals surface area contributed by atoms with Gasteiger partial charge in [-0.1, -0.05) is 6.07 Å². The van der Waals surface area contributed by atoms with E-state index in [2.05, 4.69) is 0 Å². The molecule has 4 nitrogen and oxygen atoms in total. The summed E-state index contributed by atoms with van der Waals surface area (Å²) in [7, 11) is 1.71. The zero-order chi connectivity index (χ0) is 14.3. The molecule has 0 saturated carbocycles. The fourth-order valence-corrected chi connectivity index (χ4v) is 1.58. The lowest BCUT2D eigenvalue weighted by molar-refractivity contribution is 0.00521. The molecule has 1 rings (SSSR count). The maximum Gasteiger partial charge on any atom is 0.161 e. The normalized spacial score (nSPS) is 11.4. The maximum atomic E-state index is 5.78. The van der Waals surface area contributed by atoms with E-state index in [0.29, 0.717) is 19.8 Å². The first kappa shape index (κ1) is 15.8. The Morgan fingerprint density at radius 2 is 1.89 bits per heavy atom. The maximum absolute atomic E-state index is 5.78. The summed E-state index contributed by atoms with van der Waals surface area (Å²) in [6.45, 7) is 7.72. The summed E-state index contributed by atoms with van der Waals surface area (Å²) in [6, 6.07) is 5.80. The van der Waals surface area contributed by atoms with Crippen LogP contribution in [0.5, 0.6) is 11.5 Å². The molecule has 19 heavy (non-hydrogen) atoms. The van der Waals surface area contributed by atoms with Crippen molar-refractivity contribution in [1.82, 2.24) is 0 Å². The third-order valence-electron chi connectivity index (χ3n) is 3.06. The Bertz CT molecular complexity index is 391. The molecule has 0 spiro atoms. The van der Waals surface area contributed by atoms with E-state index in [1.54, 1.807) is 7.11 Å². The molecule has 1 aromatic carbocycles. The summed E-state index contributed by atoms with van der Waals surface area (Å²) < 4.78 is 16.7. The lowest BCUT2D eigenvalue weighted by Gasteiger charge is -2.23. The lowest BCUT2D eigenvalue weighted by Crippen LogP contribution is -2.25. The number of benzene rings is 1. The number of nitrogens with two attached hydrogens (primary N) is 1. The second-order valence-electron chi connectivity index (χ2n) is 4.98. The Hall–Kier alpha value is -1.26. The van der Waals surface area contributed by atoms with E-state index in [1.807, 2.05) is 39.0 Å². The van der Waals surface area contributed by atoms with Crippen molar-refractivity contribution in [2.24, 2.45) is 5.73 Å². The number of rotatable bonds is 8. The van der Waals surface area contributed by atoms with Gasteiger partial charge in [0.05, 0.1) is 18.8 Å². The smallest absolute Gasteiger partial charge is 0.161 e. The minimum Gasteiger partial charge on any atom is -0.490 e. The van der Waals surface area contributed by atoms with Crippen LogP contribution in [0.15, 0.2) is 18.2 Å². The van der Waals surface area contributed by atoms with Gasteiger partial charge in [0.15, 0.2) is 11.5 Å². The molecule has 4 heteroatoms. The molecule has 1 aromatic rings. The Morgan fingerprint density at radius 3 is 2.47 bits per heavy atom. The van der Waals surface area contributed by atoms with E-state index in [1.165, 1.54) is 0 Å². The quantitative estimate of drug-likeness (QED) is 0.787. The highest BCUT2D eigenvalue weighted by atomic mass is 16.5. The number of hydrogen-bond donors (Lipinski definition) is 1. The van der Waals surface area contributed by atoms with Crippen molar-refractivity contribution in [3.63, 3.8) is 0 Å². The Kier molecular flexibility index (Phi) is 6.12. The second kappa shape index (κ2) is 7.36. The molecule has 0 bridgehead atoms. The van der Waals surface area contributed by atoms with E-state index >= 15 is 0 Å². The summed E-state index contributed by atoms with van der Waals surface area (Å²) in [5.74, 6) is 1.51. The second-order valence-corrected chi connectivity index (χ2v) is 4.98. The molecular formula is C15H25NO3. The number of methoxy groups -OCH3 is 1. The molecule has 0 fully saturated rings. The molecule has 0 aliphatic rings. The van der Waals surface area contributed by atoms with E-state index in [9.17, 15) is 0 Å². The molecule has 0 aliphatic heterocycles. The first-order valence-corrected chi connectivity index (χ1v) is 6.66. The Morgan fingerprint density at radius 1 is 1.16 bits per heavy atom. The van der Waals surface area contributed by atoms with Crippen molar-refractivity contribution in [3.05, 3.63) is 23.8 Å². The van der Waals surface area contributed by atoms with Crippen LogP contribution in [0.1, 0.15) is 32.8 Å². The van der Waals surface area contributed by atoms with Gasteiger partial charge in [-0.2, -0.15) is 0 Å². The fourth-order valence-electron chi connectivity index (χ4n) is 1.58. The molecule has 0 aromatic heterocycles. The highest BCUT2D eigenvalue weighted by Gasteiger charge is 2.16. The van der Waals surface area contributed by atoms with Gasteiger partial charge in [0.1, 0.15) is 0 Å². The summed E-state index contributed by atoms with van der Waals surface area (Å²) in [6.07, 6.45) is 0.813. The molecule has 0 heterocycles. The highest BCUT2D eigenvalue weighted by molar-refractivity contribution is 5.43. The SMILES string of the molecule is CCOc1cc(CN)ccc1OCCC(C)(C)OC. The summed E-state index contributed by atoms with van der Waals surface area (Å²) >= 11 is 0. The summed E-state index contributed by atoms with van der Waals surface area (Å²) in [5.41, 5.74) is 6.48. The van der Waals surface area contributed by atoms with Crippen molar-refractivity contribution >= 4 is 0 Å². The van der Waals surface area contributed by atoms with Gasteiger partial charge in [-0.15, -0.1) is 0 Å². The third kappa shape index (κ3) is 5.09. The van der Waals surface area contributed by atoms with E-state index in [0.717, 1.165) is 23.5 Å². The van der Waals surface area contributed by atoms with Gasteiger partial charge in [-0.25, -0.2) is 0 Å². The van der Waals surface area contributed by atoms with Gasteiger partial charge in [-0.05, 0) is 38.5 Å². The van der Waals surface area contributed by atoms with Gasteiger partial charge < -0.3 is 19.9 Å². The minimum absolute atomic E-state index is 0.178. The first-order chi connectivity index (χ1) is 9.02. The van der Waals surface area contributed by atoms with Crippen molar-refractivity contribution in [2.45, 2.75) is 39.3 Å². The zero-order valence-electron chi connectivity index (χ0n) is 12.4. The minimum atomic E-state index is -0.178. The summed E-state index contributed by atoms with van der Waals surface area (Å²) in [4.78, 5) is 0. The van der Waals surface area contributed by atoms with Crippen LogP contribution in [0.4, 0.5) is 0 Å². The van der Waals surface area contributed by atoms with Gasteiger partial charge >= 0.3 is 0 Å². The van der Waals surface area contributed by atoms with Crippen LogP contribution in [0.25, 0.3) is 0 Å². The summed E-state index contributed by atoms with van der Waals surface area (Å²) in [5, 5.41) is 0. The molecule has 2 N–H and O–H groups in total. The fraction of sp³-hybridized carbons (Fsp3) is 0.600. The van der Waals surface area contributed by atoms with Crippen LogP contribution in [0, 0.1) is 0 Å².